The highest BCUT2D eigenvalue weighted by atomic mass is 19.1. The molecular weight excluding hydrogens is 523 g/mol. The number of aliphatic hydroxyl groups is 1. The Morgan fingerprint density at radius 3 is 2.55 bits per heavy atom. The van der Waals surface area contributed by atoms with Crippen LogP contribution in [0.3, 0.4) is 0 Å². The molecule has 0 bridgehead atoms. The van der Waals surface area contributed by atoms with E-state index < -0.39 is 28.2 Å². The van der Waals surface area contributed by atoms with Gasteiger partial charge < -0.3 is 24.2 Å². The molecule has 1 aliphatic heterocycles. The molecule has 1 saturated carbocycles. The molecule has 208 valence electrons. The number of nitro benzene ring substituents is 1. The molecule has 1 saturated heterocycles. The maximum absolute atomic E-state index is 15.2. The van der Waals surface area contributed by atoms with Gasteiger partial charge in [0.05, 0.1) is 46.1 Å². The molecule has 4 aromatic rings. The standard InChI is InChI=1S/C27H27FN6O6/c28-21-10-19-23(33(16-1-2-16)14-20(26(19)36)27(37)38)11-24(21)31-7-5-30(6-8-31)12-18(35)13-32-15-29-22-4-3-17(34(39)40)9-25(22)32/h3-4,9-11,14-16,18,35H,1-2,5-8,12-13H2,(H,37,38). The van der Waals surface area contributed by atoms with E-state index in [2.05, 4.69) is 9.88 Å². The van der Waals surface area contributed by atoms with Gasteiger partial charge in [-0.25, -0.2) is 14.2 Å². The minimum Gasteiger partial charge on any atom is -0.477 e. The highest BCUT2D eigenvalue weighted by Crippen LogP contribution is 2.38. The van der Waals surface area contributed by atoms with Gasteiger partial charge in [-0.3, -0.25) is 19.8 Å². The van der Waals surface area contributed by atoms with Gasteiger partial charge in [0.15, 0.2) is 0 Å². The van der Waals surface area contributed by atoms with Gasteiger partial charge in [0.2, 0.25) is 5.43 Å². The zero-order valence-corrected chi connectivity index (χ0v) is 21.4. The molecule has 12 nitrogen and oxygen atoms in total. The second-order valence-electron chi connectivity index (χ2n) is 10.4. The van der Waals surface area contributed by atoms with Crippen molar-refractivity contribution in [1.82, 2.24) is 19.0 Å². The number of rotatable bonds is 8. The van der Waals surface area contributed by atoms with Gasteiger partial charge in [-0.15, -0.1) is 0 Å². The molecule has 1 atom stereocenters. The quantitative estimate of drug-likeness (QED) is 0.250. The number of carbonyl (C=O) groups is 1. The maximum Gasteiger partial charge on any atom is 0.341 e. The Morgan fingerprint density at radius 2 is 1.88 bits per heavy atom. The van der Waals surface area contributed by atoms with E-state index in [-0.39, 0.29) is 29.2 Å². The van der Waals surface area contributed by atoms with Gasteiger partial charge in [-0.05, 0) is 31.0 Å². The van der Waals surface area contributed by atoms with E-state index in [1.807, 2.05) is 4.90 Å². The fourth-order valence-corrected chi connectivity index (χ4v) is 5.47. The molecule has 40 heavy (non-hydrogen) atoms. The second kappa shape index (κ2) is 9.99. The predicted molar refractivity (Wildman–Crippen MR) is 144 cm³/mol. The Balaban J connectivity index is 1.15. The smallest absolute Gasteiger partial charge is 0.341 e. The first-order valence-electron chi connectivity index (χ1n) is 13.1. The molecule has 1 unspecified atom stereocenters. The second-order valence-corrected chi connectivity index (χ2v) is 10.4. The number of hydrogen-bond donors (Lipinski definition) is 2. The van der Waals surface area contributed by atoms with Crippen LogP contribution in [0.25, 0.3) is 21.9 Å². The topological polar surface area (TPSA) is 147 Å². The summed E-state index contributed by atoms with van der Waals surface area (Å²) in [7, 11) is 0. The summed E-state index contributed by atoms with van der Waals surface area (Å²) in [6.45, 7) is 2.71. The lowest BCUT2D eigenvalue weighted by atomic mass is 10.1. The van der Waals surface area contributed by atoms with Crippen molar-refractivity contribution in [3.8, 4) is 0 Å². The summed E-state index contributed by atoms with van der Waals surface area (Å²) in [5.41, 5.74) is 0.970. The van der Waals surface area contributed by atoms with Crippen molar-refractivity contribution < 1.29 is 24.3 Å². The number of carboxylic acid groups (broad SMARTS) is 1. The van der Waals surface area contributed by atoms with Gasteiger partial charge in [0.25, 0.3) is 5.69 Å². The largest absolute Gasteiger partial charge is 0.477 e. The number of pyridine rings is 1. The van der Waals surface area contributed by atoms with Crippen LogP contribution in [0, 0.1) is 15.9 Å². The summed E-state index contributed by atoms with van der Waals surface area (Å²) in [4.78, 5) is 43.2. The molecule has 2 aliphatic rings. The van der Waals surface area contributed by atoms with Crippen molar-refractivity contribution in [1.29, 1.82) is 0 Å². The number of carboxylic acids is 1. The van der Waals surface area contributed by atoms with Gasteiger partial charge in [0.1, 0.15) is 11.4 Å². The first kappa shape index (κ1) is 25.9. The fraction of sp³-hybridized carbons (Fsp3) is 0.370. The third-order valence-electron chi connectivity index (χ3n) is 7.68. The van der Waals surface area contributed by atoms with E-state index in [4.69, 9.17) is 0 Å². The van der Waals surface area contributed by atoms with Crippen molar-refractivity contribution in [3.63, 3.8) is 0 Å². The summed E-state index contributed by atoms with van der Waals surface area (Å²) < 4.78 is 18.7. The molecule has 2 fully saturated rings. The van der Waals surface area contributed by atoms with Crippen LogP contribution >= 0.6 is 0 Å². The number of non-ortho nitro benzene ring substituents is 1. The van der Waals surface area contributed by atoms with Crippen molar-refractivity contribution >= 4 is 39.3 Å². The molecule has 0 amide bonds. The molecule has 13 heteroatoms. The number of aromatic nitrogens is 3. The Hall–Kier alpha value is -4.36. The van der Waals surface area contributed by atoms with Gasteiger partial charge in [-0.2, -0.15) is 0 Å². The average molecular weight is 551 g/mol. The van der Waals surface area contributed by atoms with Crippen molar-refractivity contribution in [2.24, 2.45) is 0 Å². The summed E-state index contributed by atoms with van der Waals surface area (Å²) in [6.07, 6.45) is 3.91. The first-order valence-corrected chi connectivity index (χ1v) is 13.1. The van der Waals surface area contributed by atoms with Gasteiger partial charge in [-0.1, -0.05) is 0 Å². The molecule has 6 rings (SSSR count). The van der Waals surface area contributed by atoms with Crippen LogP contribution in [0.15, 0.2) is 47.7 Å². The Morgan fingerprint density at radius 1 is 1.12 bits per heavy atom. The molecule has 0 radical (unpaired) electrons. The zero-order chi connectivity index (χ0) is 28.1. The highest BCUT2D eigenvalue weighted by molar-refractivity contribution is 5.93. The van der Waals surface area contributed by atoms with Crippen LogP contribution in [0.4, 0.5) is 15.8 Å². The number of aromatic carboxylic acids is 1. The number of anilines is 1. The number of nitro groups is 1. The summed E-state index contributed by atoms with van der Waals surface area (Å²) in [5, 5.41) is 31.4. The van der Waals surface area contributed by atoms with Gasteiger partial charge in [0, 0.05) is 62.5 Å². The molecule has 3 heterocycles. The van der Waals surface area contributed by atoms with Crippen LogP contribution < -0.4 is 10.3 Å². The van der Waals surface area contributed by atoms with E-state index in [1.165, 1.54) is 18.3 Å². The fourth-order valence-electron chi connectivity index (χ4n) is 5.47. The van der Waals surface area contributed by atoms with E-state index in [0.29, 0.717) is 55.0 Å². The molecule has 2 aromatic heterocycles. The number of hydrogen-bond acceptors (Lipinski definition) is 8. The molecule has 1 aliphatic carbocycles. The van der Waals surface area contributed by atoms with E-state index >= 15 is 4.39 Å². The summed E-state index contributed by atoms with van der Waals surface area (Å²) in [6, 6.07) is 7.30. The molecular formula is C27H27FN6O6. The Kier molecular flexibility index (Phi) is 6.47. The van der Waals surface area contributed by atoms with E-state index in [1.54, 1.807) is 27.6 Å². The number of imidazole rings is 1. The lowest BCUT2D eigenvalue weighted by Gasteiger charge is -2.37. The molecule has 2 N–H and O–H groups in total. The van der Waals surface area contributed by atoms with Crippen LogP contribution in [0.1, 0.15) is 29.2 Å². The number of aliphatic hydroxyl groups excluding tert-OH is 1. The van der Waals surface area contributed by atoms with E-state index in [0.717, 1.165) is 18.9 Å². The number of halogens is 1. The molecule has 2 aromatic carbocycles. The highest BCUT2D eigenvalue weighted by Gasteiger charge is 2.29. The normalized spacial score (nSPS) is 17.0. The van der Waals surface area contributed by atoms with Gasteiger partial charge >= 0.3 is 5.97 Å². The number of benzene rings is 2. The summed E-state index contributed by atoms with van der Waals surface area (Å²) >= 11 is 0. The van der Waals surface area contributed by atoms with Crippen molar-refractivity contribution in [2.75, 3.05) is 37.6 Å². The predicted octanol–water partition coefficient (Wildman–Crippen LogP) is 2.61. The van der Waals surface area contributed by atoms with Crippen molar-refractivity contribution in [3.05, 3.63) is 74.6 Å². The lowest BCUT2D eigenvalue weighted by molar-refractivity contribution is -0.384. The SMILES string of the molecule is O=C(O)c1cn(C2CC2)c2cc(N3CCN(CC(O)Cn4cnc5ccc([N+](=O)[O-])cc54)CC3)c(F)cc2c1=O. The first-order chi connectivity index (χ1) is 19.2. The number of nitrogens with zero attached hydrogens (tertiary/aromatic N) is 6. The van der Waals surface area contributed by atoms with Crippen LogP contribution in [-0.4, -0.2) is 79.0 Å². The van der Waals surface area contributed by atoms with Crippen LogP contribution in [0.2, 0.25) is 0 Å². The van der Waals surface area contributed by atoms with Crippen LogP contribution in [0.5, 0.6) is 0 Å². The number of β-amino-alcohol motifs (C(OH)–C–C–N with tert-alkyl or cyclic N) is 1. The average Bonchev–Trinajstić information content (AvgIpc) is 3.70. The number of fused-ring (bicyclic) bond motifs is 2. The molecule has 0 spiro atoms. The third kappa shape index (κ3) is 4.77. The Labute approximate surface area is 226 Å². The minimum absolute atomic E-state index is 0.0442. The van der Waals surface area contributed by atoms with Crippen LogP contribution in [-0.2, 0) is 6.54 Å². The Bertz CT molecular complexity index is 1710. The number of piperazine rings is 1. The van der Waals surface area contributed by atoms with E-state index in [9.17, 15) is 29.9 Å². The monoisotopic (exact) mass is 550 g/mol. The van der Waals surface area contributed by atoms with Crippen molar-refractivity contribution in [2.45, 2.75) is 31.5 Å². The lowest BCUT2D eigenvalue weighted by Crippen LogP contribution is -2.49. The zero-order valence-electron chi connectivity index (χ0n) is 21.4. The summed E-state index contributed by atoms with van der Waals surface area (Å²) in [5.74, 6) is -1.91. The minimum atomic E-state index is -1.33. The maximum atomic E-state index is 15.2. The third-order valence-corrected chi connectivity index (χ3v) is 7.68.